The van der Waals surface area contributed by atoms with Gasteiger partial charge < -0.3 is 5.73 Å². The van der Waals surface area contributed by atoms with Crippen molar-refractivity contribution in [3.8, 4) is 0 Å². The molecule has 1 aromatic carbocycles. The lowest BCUT2D eigenvalue weighted by Gasteiger charge is -2.08. The highest BCUT2D eigenvalue weighted by Crippen LogP contribution is 2.23. The van der Waals surface area contributed by atoms with Gasteiger partial charge in [-0.15, -0.1) is 0 Å². The number of anilines is 2. The highest BCUT2D eigenvalue weighted by molar-refractivity contribution is 7.92. The van der Waals surface area contributed by atoms with E-state index < -0.39 is 27.3 Å². The van der Waals surface area contributed by atoms with Crippen LogP contribution in [0.15, 0.2) is 29.4 Å². The number of benzene rings is 1. The van der Waals surface area contributed by atoms with Crippen LogP contribution in [-0.2, 0) is 10.0 Å². The van der Waals surface area contributed by atoms with Crippen molar-refractivity contribution in [3.05, 3.63) is 36.0 Å². The Morgan fingerprint density at radius 2 is 2.00 bits per heavy atom. The van der Waals surface area contributed by atoms with Crippen molar-refractivity contribution in [3.63, 3.8) is 0 Å². The van der Waals surface area contributed by atoms with Gasteiger partial charge in [-0.25, -0.2) is 8.78 Å². The van der Waals surface area contributed by atoms with E-state index in [0.717, 1.165) is 6.07 Å². The lowest BCUT2D eigenvalue weighted by Crippen LogP contribution is -2.15. The minimum Gasteiger partial charge on any atom is -0.396 e. The highest BCUT2D eigenvalue weighted by atomic mass is 32.2. The molecule has 18 heavy (non-hydrogen) atoms. The average molecular weight is 274 g/mol. The number of sulfonamides is 1. The summed E-state index contributed by atoms with van der Waals surface area (Å²) in [6.45, 7) is 0. The van der Waals surface area contributed by atoms with Crippen LogP contribution in [-0.4, -0.2) is 18.6 Å². The number of aromatic nitrogens is 2. The summed E-state index contributed by atoms with van der Waals surface area (Å²) in [4.78, 5) is 0. The van der Waals surface area contributed by atoms with Crippen molar-refractivity contribution in [2.75, 3.05) is 10.5 Å². The summed E-state index contributed by atoms with van der Waals surface area (Å²) in [5.41, 5.74) is 4.43. The van der Waals surface area contributed by atoms with Crippen LogP contribution in [0.3, 0.4) is 0 Å². The summed E-state index contributed by atoms with van der Waals surface area (Å²) >= 11 is 0. The van der Waals surface area contributed by atoms with Gasteiger partial charge >= 0.3 is 0 Å². The van der Waals surface area contributed by atoms with Crippen molar-refractivity contribution in [1.82, 2.24) is 10.2 Å². The van der Waals surface area contributed by atoms with E-state index in [0.29, 0.717) is 6.07 Å². The van der Waals surface area contributed by atoms with Gasteiger partial charge in [0.25, 0.3) is 10.0 Å². The Morgan fingerprint density at radius 3 is 2.61 bits per heavy atom. The normalized spacial score (nSPS) is 11.4. The van der Waals surface area contributed by atoms with E-state index in [9.17, 15) is 17.2 Å². The van der Waals surface area contributed by atoms with E-state index in [4.69, 9.17) is 5.73 Å². The number of halogens is 2. The number of nitrogens with zero attached hydrogens (tertiary/aromatic N) is 1. The summed E-state index contributed by atoms with van der Waals surface area (Å²) in [6.07, 6.45) is 1.23. The molecule has 0 aliphatic rings. The van der Waals surface area contributed by atoms with Crippen LogP contribution in [0.5, 0.6) is 0 Å². The van der Waals surface area contributed by atoms with Crippen LogP contribution in [0.2, 0.25) is 0 Å². The van der Waals surface area contributed by atoms with Gasteiger partial charge in [-0.05, 0) is 12.1 Å². The molecule has 0 fully saturated rings. The SMILES string of the molecule is Nc1cc(NS(=O)(=O)c2ccn[nH]2)c(F)cc1F. The lowest BCUT2D eigenvalue weighted by molar-refractivity contribution is 0.584. The minimum absolute atomic E-state index is 0.246. The number of H-pyrrole nitrogens is 1. The van der Waals surface area contributed by atoms with Crippen LogP contribution in [0.4, 0.5) is 20.2 Å². The standard InChI is InChI=1S/C9H8F2N4O2S/c10-5-3-6(11)8(4-7(5)12)15-18(16,17)9-1-2-13-14-9/h1-4,15H,12H2,(H,13,14). The number of nitrogens with two attached hydrogens (primary N) is 1. The smallest absolute Gasteiger partial charge is 0.278 e. The Bertz CT molecular complexity index is 670. The van der Waals surface area contributed by atoms with E-state index in [1.807, 2.05) is 4.72 Å². The third-order valence-corrected chi connectivity index (χ3v) is 3.39. The minimum atomic E-state index is -4.01. The molecule has 2 aromatic rings. The largest absolute Gasteiger partial charge is 0.396 e. The average Bonchev–Trinajstić information content (AvgIpc) is 2.79. The maximum absolute atomic E-state index is 13.4. The summed E-state index contributed by atoms with van der Waals surface area (Å²) in [5, 5.41) is 5.43. The van der Waals surface area contributed by atoms with Crippen molar-refractivity contribution in [1.29, 1.82) is 0 Å². The topological polar surface area (TPSA) is 101 Å². The fourth-order valence-corrected chi connectivity index (χ4v) is 2.21. The maximum Gasteiger partial charge on any atom is 0.278 e. The van der Waals surface area contributed by atoms with Gasteiger partial charge in [0.2, 0.25) is 0 Å². The third-order valence-electron chi connectivity index (χ3n) is 2.10. The zero-order valence-corrected chi connectivity index (χ0v) is 9.63. The first kappa shape index (κ1) is 12.3. The molecule has 0 saturated heterocycles. The van der Waals surface area contributed by atoms with Crippen molar-refractivity contribution in [2.45, 2.75) is 5.03 Å². The molecule has 0 saturated carbocycles. The lowest BCUT2D eigenvalue weighted by atomic mass is 10.2. The van der Waals surface area contributed by atoms with Gasteiger partial charge in [-0.1, -0.05) is 0 Å². The van der Waals surface area contributed by atoms with Gasteiger partial charge in [0.05, 0.1) is 17.6 Å². The summed E-state index contributed by atoms with van der Waals surface area (Å²) in [6, 6.07) is 2.55. The molecule has 0 aliphatic carbocycles. The Balaban J connectivity index is 2.39. The predicted molar refractivity (Wildman–Crippen MR) is 60.2 cm³/mol. The van der Waals surface area contributed by atoms with Gasteiger partial charge in [0.1, 0.15) is 11.6 Å². The number of rotatable bonds is 3. The second kappa shape index (κ2) is 4.26. The zero-order valence-electron chi connectivity index (χ0n) is 8.81. The van der Waals surface area contributed by atoms with Crippen LogP contribution in [0.25, 0.3) is 0 Å². The van der Waals surface area contributed by atoms with E-state index in [1.165, 1.54) is 12.3 Å². The molecule has 6 nitrogen and oxygen atoms in total. The molecular weight excluding hydrogens is 266 g/mol. The third kappa shape index (κ3) is 2.25. The number of hydrogen-bond acceptors (Lipinski definition) is 4. The van der Waals surface area contributed by atoms with Crippen LogP contribution in [0, 0.1) is 11.6 Å². The Morgan fingerprint density at radius 1 is 1.28 bits per heavy atom. The van der Waals surface area contributed by atoms with E-state index >= 15 is 0 Å². The second-order valence-corrected chi connectivity index (χ2v) is 5.03. The van der Waals surface area contributed by atoms with Gasteiger partial charge in [-0.2, -0.15) is 13.5 Å². The first-order valence-corrected chi connectivity index (χ1v) is 6.15. The number of aromatic amines is 1. The summed E-state index contributed by atoms with van der Waals surface area (Å²) in [5.74, 6) is -2.03. The fraction of sp³-hybridized carbons (Fsp3) is 0. The first-order chi connectivity index (χ1) is 8.40. The number of nitrogens with one attached hydrogen (secondary N) is 2. The quantitative estimate of drug-likeness (QED) is 0.729. The fourth-order valence-electron chi connectivity index (χ4n) is 1.24. The van der Waals surface area contributed by atoms with Crippen molar-refractivity contribution >= 4 is 21.4 Å². The van der Waals surface area contributed by atoms with Crippen LogP contribution >= 0.6 is 0 Å². The highest BCUT2D eigenvalue weighted by Gasteiger charge is 2.18. The van der Waals surface area contributed by atoms with E-state index in [1.54, 1.807) is 0 Å². The second-order valence-electron chi connectivity index (χ2n) is 3.38. The van der Waals surface area contributed by atoms with E-state index in [2.05, 4.69) is 10.2 Å². The molecule has 2 rings (SSSR count). The van der Waals surface area contributed by atoms with Crippen LogP contribution < -0.4 is 10.5 Å². The molecule has 0 radical (unpaired) electrons. The zero-order chi connectivity index (χ0) is 13.3. The molecule has 0 amide bonds. The molecule has 1 heterocycles. The van der Waals surface area contributed by atoms with Gasteiger partial charge in [0.15, 0.2) is 5.03 Å². The first-order valence-electron chi connectivity index (χ1n) is 4.67. The monoisotopic (exact) mass is 274 g/mol. The Labute approximate surface area is 101 Å². The molecule has 9 heteroatoms. The number of hydrogen-bond donors (Lipinski definition) is 3. The molecular formula is C9H8F2N4O2S. The predicted octanol–water partition coefficient (Wildman–Crippen LogP) is 1.07. The molecule has 0 unspecified atom stereocenters. The van der Waals surface area contributed by atoms with Crippen molar-refractivity contribution < 1.29 is 17.2 Å². The molecule has 1 aromatic heterocycles. The molecule has 0 atom stereocenters. The Kier molecular flexibility index (Phi) is 2.91. The molecule has 0 aliphatic heterocycles. The molecule has 0 bridgehead atoms. The van der Waals surface area contributed by atoms with E-state index in [-0.39, 0.29) is 10.7 Å². The molecule has 0 spiro atoms. The van der Waals surface area contributed by atoms with Gasteiger partial charge in [0, 0.05) is 6.07 Å². The summed E-state index contributed by atoms with van der Waals surface area (Å²) in [7, 11) is -4.01. The number of nitrogen functional groups attached to an aromatic ring is 1. The van der Waals surface area contributed by atoms with Crippen LogP contribution in [0.1, 0.15) is 0 Å². The maximum atomic E-state index is 13.4. The summed E-state index contributed by atoms with van der Waals surface area (Å²) < 4.78 is 51.7. The Hall–Kier alpha value is -2.16. The molecule has 4 N–H and O–H groups in total. The van der Waals surface area contributed by atoms with Gasteiger partial charge in [-0.3, -0.25) is 9.82 Å². The van der Waals surface area contributed by atoms with Crippen molar-refractivity contribution in [2.24, 2.45) is 0 Å². The molecule has 96 valence electrons.